The minimum absolute atomic E-state index is 0.456. The molecule has 1 N–H and O–H groups in total. The van der Waals surface area contributed by atoms with Crippen LogP contribution in [0.25, 0.3) is 0 Å². The van der Waals surface area contributed by atoms with E-state index in [0.29, 0.717) is 10.8 Å². The predicted octanol–water partition coefficient (Wildman–Crippen LogP) is 4.86. The van der Waals surface area contributed by atoms with Gasteiger partial charge in [-0.1, -0.05) is 46.5 Å². The van der Waals surface area contributed by atoms with Gasteiger partial charge in [0, 0.05) is 17.3 Å². The lowest BCUT2D eigenvalue weighted by atomic mass is 10.0. The van der Waals surface area contributed by atoms with Gasteiger partial charge in [-0.25, -0.2) is 0 Å². The minimum atomic E-state index is 0.456. The average molecular weight is 260 g/mol. The predicted molar refractivity (Wildman–Crippen MR) is 83.1 cm³/mol. The zero-order chi connectivity index (χ0) is 13.1. The first-order valence-electron chi connectivity index (χ1n) is 7.42. The highest BCUT2D eigenvalue weighted by atomic mass is 32.2. The second kappa shape index (κ2) is 10.3. The fourth-order valence-corrected chi connectivity index (χ4v) is 3.01. The van der Waals surface area contributed by atoms with E-state index in [1.807, 2.05) is 11.8 Å². The van der Waals surface area contributed by atoms with Gasteiger partial charge in [-0.15, -0.1) is 0 Å². The van der Waals surface area contributed by atoms with Crippen molar-refractivity contribution >= 4 is 11.8 Å². The monoisotopic (exact) mass is 259 g/mol. The summed E-state index contributed by atoms with van der Waals surface area (Å²) >= 11 is 2.03. The maximum atomic E-state index is 3.73. The van der Waals surface area contributed by atoms with Gasteiger partial charge in [0.2, 0.25) is 0 Å². The lowest BCUT2D eigenvalue weighted by molar-refractivity contribution is 0.427. The zero-order valence-corrected chi connectivity index (χ0v) is 13.5. The van der Waals surface area contributed by atoms with E-state index in [2.05, 4.69) is 39.3 Å². The number of unbranched alkanes of at least 4 members (excludes halogenated alkanes) is 3. The second-order valence-corrected chi connectivity index (χ2v) is 6.50. The van der Waals surface area contributed by atoms with E-state index in [1.54, 1.807) is 0 Å². The molecule has 2 heteroatoms. The lowest BCUT2D eigenvalue weighted by Crippen LogP contribution is -2.40. The first-order valence-corrected chi connectivity index (χ1v) is 8.65. The zero-order valence-electron chi connectivity index (χ0n) is 12.6. The Morgan fingerprint density at radius 3 is 2.18 bits per heavy atom. The molecule has 1 atom stereocenters. The van der Waals surface area contributed by atoms with Gasteiger partial charge in [-0.2, -0.15) is 11.8 Å². The van der Waals surface area contributed by atoms with Crippen molar-refractivity contribution in [3.05, 3.63) is 0 Å². The van der Waals surface area contributed by atoms with Crippen LogP contribution in [0.2, 0.25) is 0 Å². The number of rotatable bonds is 11. The van der Waals surface area contributed by atoms with Crippen molar-refractivity contribution in [1.82, 2.24) is 5.32 Å². The van der Waals surface area contributed by atoms with Gasteiger partial charge in [0.25, 0.3) is 0 Å². The van der Waals surface area contributed by atoms with E-state index in [-0.39, 0.29) is 0 Å². The molecule has 1 nitrogen and oxygen atoms in total. The van der Waals surface area contributed by atoms with Gasteiger partial charge in [0.1, 0.15) is 0 Å². The van der Waals surface area contributed by atoms with Gasteiger partial charge < -0.3 is 5.32 Å². The summed E-state index contributed by atoms with van der Waals surface area (Å²) in [5, 5.41) is 3.73. The van der Waals surface area contributed by atoms with E-state index in [0.717, 1.165) is 6.54 Å². The molecule has 0 aliphatic carbocycles. The molecule has 0 aliphatic heterocycles. The highest BCUT2D eigenvalue weighted by Crippen LogP contribution is 2.29. The van der Waals surface area contributed by atoms with Crippen LogP contribution in [0.15, 0.2) is 0 Å². The fourth-order valence-electron chi connectivity index (χ4n) is 2.20. The van der Waals surface area contributed by atoms with E-state index in [4.69, 9.17) is 0 Å². The van der Waals surface area contributed by atoms with Crippen molar-refractivity contribution in [3.63, 3.8) is 0 Å². The van der Waals surface area contributed by atoms with Crippen LogP contribution in [0.5, 0.6) is 0 Å². The third kappa shape index (κ3) is 7.35. The SMILES string of the molecule is CCCCCCC(C)NCC(CC)(CC)SC. The maximum Gasteiger partial charge on any atom is 0.0276 e. The molecule has 0 radical (unpaired) electrons. The molecule has 0 rings (SSSR count). The molecular weight excluding hydrogens is 226 g/mol. The summed E-state index contributed by atoms with van der Waals surface area (Å²) < 4.78 is 0.456. The fraction of sp³-hybridized carbons (Fsp3) is 1.00. The van der Waals surface area contributed by atoms with Gasteiger partial charge in [-0.3, -0.25) is 0 Å². The Morgan fingerprint density at radius 2 is 1.71 bits per heavy atom. The molecule has 17 heavy (non-hydrogen) atoms. The first kappa shape index (κ1) is 17.3. The third-order valence-electron chi connectivity index (χ3n) is 3.99. The van der Waals surface area contributed by atoms with Gasteiger partial charge in [-0.05, 0) is 32.4 Å². The van der Waals surface area contributed by atoms with E-state index >= 15 is 0 Å². The quantitative estimate of drug-likeness (QED) is 0.532. The van der Waals surface area contributed by atoms with Crippen molar-refractivity contribution < 1.29 is 0 Å². The van der Waals surface area contributed by atoms with E-state index < -0.39 is 0 Å². The molecule has 0 aromatic rings. The van der Waals surface area contributed by atoms with Crippen molar-refractivity contribution in [2.24, 2.45) is 0 Å². The molecule has 0 aromatic carbocycles. The summed E-state index contributed by atoms with van der Waals surface area (Å²) in [4.78, 5) is 0. The summed E-state index contributed by atoms with van der Waals surface area (Å²) in [6, 6.07) is 0.677. The Labute approximate surface area is 114 Å². The lowest BCUT2D eigenvalue weighted by Gasteiger charge is -2.31. The third-order valence-corrected chi connectivity index (χ3v) is 5.57. The highest BCUT2D eigenvalue weighted by Gasteiger charge is 2.24. The van der Waals surface area contributed by atoms with Crippen LogP contribution in [0.1, 0.15) is 72.6 Å². The highest BCUT2D eigenvalue weighted by molar-refractivity contribution is 8.00. The molecule has 1 unspecified atom stereocenters. The molecule has 0 saturated heterocycles. The summed E-state index contributed by atoms with van der Waals surface area (Å²) in [5.41, 5.74) is 0. The minimum Gasteiger partial charge on any atom is -0.313 e. The van der Waals surface area contributed by atoms with Crippen LogP contribution in [-0.2, 0) is 0 Å². The average Bonchev–Trinajstić information content (AvgIpc) is 2.37. The van der Waals surface area contributed by atoms with Crippen LogP contribution in [-0.4, -0.2) is 23.6 Å². The molecule has 0 aliphatic rings. The largest absolute Gasteiger partial charge is 0.313 e. The number of hydrogen-bond acceptors (Lipinski definition) is 2. The van der Waals surface area contributed by atoms with Crippen molar-refractivity contribution in [2.75, 3.05) is 12.8 Å². The van der Waals surface area contributed by atoms with Crippen LogP contribution >= 0.6 is 11.8 Å². The Hall–Kier alpha value is 0.310. The van der Waals surface area contributed by atoms with Crippen LogP contribution in [0.3, 0.4) is 0 Å². The van der Waals surface area contributed by atoms with Gasteiger partial charge in [0.05, 0.1) is 0 Å². The summed E-state index contributed by atoms with van der Waals surface area (Å²) in [6.07, 6.45) is 11.6. The second-order valence-electron chi connectivity index (χ2n) is 5.23. The van der Waals surface area contributed by atoms with Crippen molar-refractivity contribution in [3.8, 4) is 0 Å². The standard InChI is InChI=1S/C15H33NS/c1-6-9-10-11-12-14(4)16-13-15(7-2,8-3)17-5/h14,16H,6-13H2,1-5H3. The molecule has 0 spiro atoms. The van der Waals surface area contributed by atoms with Crippen molar-refractivity contribution in [2.45, 2.75) is 83.4 Å². The molecule has 0 fully saturated rings. The van der Waals surface area contributed by atoms with Crippen LogP contribution in [0.4, 0.5) is 0 Å². The first-order chi connectivity index (χ1) is 8.14. The number of nitrogens with one attached hydrogen (secondary N) is 1. The summed E-state index contributed by atoms with van der Waals surface area (Å²) in [7, 11) is 0. The maximum absolute atomic E-state index is 3.73. The topological polar surface area (TPSA) is 12.0 Å². The smallest absolute Gasteiger partial charge is 0.0276 e. The summed E-state index contributed by atoms with van der Waals surface area (Å²) in [5.74, 6) is 0. The van der Waals surface area contributed by atoms with Crippen molar-refractivity contribution in [1.29, 1.82) is 0 Å². The molecular formula is C15H33NS. The van der Waals surface area contributed by atoms with E-state index in [9.17, 15) is 0 Å². The van der Waals surface area contributed by atoms with Gasteiger partial charge >= 0.3 is 0 Å². The van der Waals surface area contributed by atoms with Crippen LogP contribution in [0, 0.1) is 0 Å². The molecule has 0 heterocycles. The normalized spacial score (nSPS) is 13.9. The van der Waals surface area contributed by atoms with Crippen LogP contribution < -0.4 is 5.32 Å². The Morgan fingerprint density at radius 1 is 1.06 bits per heavy atom. The number of hydrogen-bond donors (Lipinski definition) is 1. The Kier molecular flexibility index (Phi) is 10.4. The Balaban J connectivity index is 3.76. The van der Waals surface area contributed by atoms with Gasteiger partial charge in [0.15, 0.2) is 0 Å². The number of thioether (sulfide) groups is 1. The molecule has 104 valence electrons. The summed E-state index contributed by atoms with van der Waals surface area (Å²) in [6.45, 7) is 10.4. The molecule has 0 aromatic heterocycles. The van der Waals surface area contributed by atoms with E-state index in [1.165, 1.54) is 44.9 Å². The molecule has 0 saturated carbocycles. The Bertz CT molecular complexity index is 158. The molecule has 0 bridgehead atoms. The molecule has 0 amide bonds.